The van der Waals surface area contributed by atoms with E-state index in [0.717, 1.165) is 6.42 Å². The van der Waals surface area contributed by atoms with Gasteiger partial charge in [0.2, 0.25) is 0 Å². The van der Waals surface area contributed by atoms with Gasteiger partial charge in [0, 0.05) is 0 Å². The highest BCUT2D eigenvalue weighted by Crippen LogP contribution is 2.09. The lowest BCUT2D eigenvalue weighted by Gasteiger charge is -2.09. The Morgan fingerprint density at radius 3 is 2.57 bits per heavy atom. The summed E-state index contributed by atoms with van der Waals surface area (Å²) in [6, 6.07) is 9.98. The van der Waals surface area contributed by atoms with E-state index in [0.29, 0.717) is 6.61 Å². The van der Waals surface area contributed by atoms with Gasteiger partial charge in [-0.3, -0.25) is 4.79 Å². The molecule has 76 valence electrons. The zero-order chi connectivity index (χ0) is 10.4. The Balaban J connectivity index is 2.49. The molecule has 0 saturated heterocycles. The highest BCUT2D eigenvalue weighted by molar-refractivity contribution is 5.72. The van der Waals surface area contributed by atoms with Crippen molar-refractivity contribution in [2.24, 2.45) is 5.92 Å². The van der Waals surface area contributed by atoms with Gasteiger partial charge in [-0.1, -0.05) is 37.3 Å². The second-order valence-corrected chi connectivity index (χ2v) is 3.34. The van der Waals surface area contributed by atoms with Crippen molar-refractivity contribution in [2.45, 2.75) is 20.3 Å². The molecule has 1 unspecified atom stereocenters. The topological polar surface area (TPSA) is 26.3 Å². The van der Waals surface area contributed by atoms with Gasteiger partial charge in [-0.25, -0.2) is 0 Å². The van der Waals surface area contributed by atoms with Crippen LogP contribution >= 0.6 is 0 Å². The van der Waals surface area contributed by atoms with E-state index in [2.05, 4.69) is 0 Å². The van der Waals surface area contributed by atoms with E-state index in [1.165, 1.54) is 5.56 Å². The summed E-state index contributed by atoms with van der Waals surface area (Å²) in [6.07, 6.45) is 0.750. The lowest BCUT2D eigenvalue weighted by atomic mass is 10.0. The molecular weight excluding hydrogens is 176 g/mol. The van der Waals surface area contributed by atoms with E-state index in [-0.39, 0.29) is 11.9 Å². The molecule has 14 heavy (non-hydrogen) atoms. The van der Waals surface area contributed by atoms with Crippen molar-refractivity contribution in [3.8, 4) is 0 Å². The minimum absolute atomic E-state index is 0.0580. The number of esters is 1. The summed E-state index contributed by atoms with van der Waals surface area (Å²) in [4.78, 5) is 11.3. The third-order valence-electron chi connectivity index (χ3n) is 2.07. The summed E-state index contributed by atoms with van der Waals surface area (Å²) in [5.74, 6) is -0.172. The van der Waals surface area contributed by atoms with Crippen LogP contribution in [0.25, 0.3) is 0 Å². The number of carbonyl (C=O) groups is 1. The Hall–Kier alpha value is -1.31. The minimum Gasteiger partial charge on any atom is -0.466 e. The lowest BCUT2D eigenvalue weighted by molar-refractivity contribution is -0.147. The smallest absolute Gasteiger partial charge is 0.308 e. The monoisotopic (exact) mass is 192 g/mol. The Labute approximate surface area is 84.9 Å². The SMILES string of the molecule is CCOC(=O)C(C)Cc1ccccc1. The summed E-state index contributed by atoms with van der Waals surface area (Å²) in [5.41, 5.74) is 1.17. The molecule has 0 aliphatic rings. The maximum absolute atomic E-state index is 11.3. The number of carbonyl (C=O) groups excluding carboxylic acids is 1. The number of rotatable bonds is 4. The van der Waals surface area contributed by atoms with Crippen molar-refractivity contribution in [2.75, 3.05) is 6.61 Å². The molecule has 0 bridgehead atoms. The van der Waals surface area contributed by atoms with Crippen LogP contribution in [0.3, 0.4) is 0 Å². The van der Waals surface area contributed by atoms with Crippen molar-refractivity contribution < 1.29 is 9.53 Å². The normalized spacial score (nSPS) is 12.1. The maximum Gasteiger partial charge on any atom is 0.308 e. The van der Waals surface area contributed by atoms with Crippen LogP contribution in [-0.2, 0) is 16.0 Å². The quantitative estimate of drug-likeness (QED) is 0.685. The first-order valence-electron chi connectivity index (χ1n) is 4.94. The van der Waals surface area contributed by atoms with Crippen LogP contribution < -0.4 is 0 Å². The molecule has 0 aliphatic carbocycles. The number of ether oxygens (including phenoxy) is 1. The van der Waals surface area contributed by atoms with E-state index in [1.807, 2.05) is 44.2 Å². The fraction of sp³-hybridized carbons (Fsp3) is 0.417. The van der Waals surface area contributed by atoms with Crippen molar-refractivity contribution in [1.82, 2.24) is 0 Å². The number of hydrogen-bond donors (Lipinski definition) is 0. The predicted octanol–water partition coefficient (Wildman–Crippen LogP) is 2.43. The van der Waals surface area contributed by atoms with Gasteiger partial charge in [0.05, 0.1) is 12.5 Å². The zero-order valence-electron chi connectivity index (χ0n) is 8.69. The zero-order valence-corrected chi connectivity index (χ0v) is 8.69. The summed E-state index contributed by atoms with van der Waals surface area (Å²) in [7, 11) is 0. The van der Waals surface area contributed by atoms with Crippen LogP contribution in [0.4, 0.5) is 0 Å². The molecule has 1 aromatic carbocycles. The predicted molar refractivity (Wildman–Crippen MR) is 55.9 cm³/mol. The second-order valence-electron chi connectivity index (χ2n) is 3.34. The van der Waals surface area contributed by atoms with Gasteiger partial charge < -0.3 is 4.74 Å². The minimum atomic E-state index is -0.114. The second kappa shape index (κ2) is 5.43. The van der Waals surface area contributed by atoms with Gasteiger partial charge in [-0.15, -0.1) is 0 Å². The Kier molecular flexibility index (Phi) is 4.17. The van der Waals surface area contributed by atoms with Crippen LogP contribution in [0, 0.1) is 5.92 Å². The highest BCUT2D eigenvalue weighted by Gasteiger charge is 2.13. The molecule has 0 saturated carbocycles. The average Bonchev–Trinajstić information content (AvgIpc) is 2.19. The van der Waals surface area contributed by atoms with Crippen LogP contribution in [0.1, 0.15) is 19.4 Å². The van der Waals surface area contributed by atoms with Gasteiger partial charge >= 0.3 is 5.97 Å². The first-order chi connectivity index (χ1) is 6.74. The molecule has 0 spiro atoms. The van der Waals surface area contributed by atoms with Crippen molar-refractivity contribution in [3.05, 3.63) is 35.9 Å². The number of benzene rings is 1. The van der Waals surface area contributed by atoms with Crippen LogP contribution in [0.2, 0.25) is 0 Å². The van der Waals surface area contributed by atoms with Gasteiger partial charge in [0.15, 0.2) is 0 Å². The van der Waals surface area contributed by atoms with Gasteiger partial charge in [-0.05, 0) is 18.9 Å². The fourth-order valence-corrected chi connectivity index (χ4v) is 1.34. The van der Waals surface area contributed by atoms with Gasteiger partial charge in [-0.2, -0.15) is 0 Å². The third kappa shape index (κ3) is 3.21. The molecule has 0 aromatic heterocycles. The average molecular weight is 192 g/mol. The first-order valence-corrected chi connectivity index (χ1v) is 4.94. The Morgan fingerprint density at radius 2 is 2.00 bits per heavy atom. The Morgan fingerprint density at radius 1 is 1.36 bits per heavy atom. The van der Waals surface area contributed by atoms with Gasteiger partial charge in [0.1, 0.15) is 0 Å². The molecule has 2 heteroatoms. The van der Waals surface area contributed by atoms with Crippen LogP contribution in [0.15, 0.2) is 30.3 Å². The fourth-order valence-electron chi connectivity index (χ4n) is 1.34. The van der Waals surface area contributed by atoms with Crippen molar-refractivity contribution in [1.29, 1.82) is 0 Å². The molecule has 0 heterocycles. The van der Waals surface area contributed by atoms with E-state index in [1.54, 1.807) is 0 Å². The highest BCUT2D eigenvalue weighted by atomic mass is 16.5. The first kappa shape index (κ1) is 10.8. The molecule has 0 amide bonds. The Bertz CT molecular complexity index is 280. The molecule has 1 atom stereocenters. The summed E-state index contributed by atoms with van der Waals surface area (Å²) < 4.78 is 4.94. The van der Waals surface area contributed by atoms with E-state index < -0.39 is 0 Å². The summed E-state index contributed by atoms with van der Waals surface area (Å²) in [6.45, 7) is 4.18. The largest absolute Gasteiger partial charge is 0.466 e. The van der Waals surface area contributed by atoms with E-state index in [9.17, 15) is 4.79 Å². The van der Waals surface area contributed by atoms with E-state index >= 15 is 0 Å². The molecular formula is C12H16O2. The van der Waals surface area contributed by atoms with Gasteiger partial charge in [0.25, 0.3) is 0 Å². The number of hydrogen-bond acceptors (Lipinski definition) is 2. The molecule has 0 radical (unpaired) electrons. The maximum atomic E-state index is 11.3. The van der Waals surface area contributed by atoms with Crippen LogP contribution in [-0.4, -0.2) is 12.6 Å². The molecule has 0 fully saturated rings. The molecule has 1 rings (SSSR count). The van der Waals surface area contributed by atoms with Crippen LogP contribution in [0.5, 0.6) is 0 Å². The lowest BCUT2D eigenvalue weighted by Crippen LogP contribution is -2.16. The van der Waals surface area contributed by atoms with E-state index in [4.69, 9.17) is 4.74 Å². The molecule has 0 N–H and O–H groups in total. The molecule has 2 nitrogen and oxygen atoms in total. The van der Waals surface area contributed by atoms with Crippen molar-refractivity contribution in [3.63, 3.8) is 0 Å². The summed E-state index contributed by atoms with van der Waals surface area (Å²) in [5, 5.41) is 0. The third-order valence-corrected chi connectivity index (χ3v) is 2.07. The van der Waals surface area contributed by atoms with Crippen molar-refractivity contribution >= 4 is 5.97 Å². The molecule has 1 aromatic rings. The standard InChI is InChI=1S/C12H16O2/c1-3-14-12(13)10(2)9-11-7-5-4-6-8-11/h4-8,10H,3,9H2,1-2H3. The molecule has 0 aliphatic heterocycles. The summed E-state index contributed by atoms with van der Waals surface area (Å²) >= 11 is 0.